The molecule has 1 unspecified atom stereocenters. The summed E-state index contributed by atoms with van der Waals surface area (Å²) in [5.41, 5.74) is 2.31. The fraction of sp³-hybridized carbons (Fsp3) is 0.333. The second kappa shape index (κ2) is 5.58. The summed E-state index contributed by atoms with van der Waals surface area (Å²) in [6, 6.07) is 7.96. The number of rotatable bonds is 3. The van der Waals surface area contributed by atoms with Crippen LogP contribution in [0.25, 0.3) is 0 Å². The van der Waals surface area contributed by atoms with E-state index in [1.807, 2.05) is 18.2 Å². The molecule has 100 valence electrons. The molecular formula is C15H15Cl2NO. The number of aryl methyl sites for hydroxylation is 1. The van der Waals surface area contributed by atoms with Crippen LogP contribution in [0.2, 0.25) is 10.0 Å². The molecule has 1 aliphatic rings. The van der Waals surface area contributed by atoms with E-state index in [2.05, 4.69) is 11.4 Å². The molecule has 0 spiro atoms. The topological polar surface area (TPSA) is 25.2 Å². The third-order valence-corrected chi connectivity index (χ3v) is 4.20. The minimum absolute atomic E-state index is 0.345. The molecule has 4 heteroatoms. The maximum Gasteiger partial charge on any atom is 0.108 e. The maximum absolute atomic E-state index is 6.18. The average molecular weight is 296 g/mol. The van der Waals surface area contributed by atoms with Gasteiger partial charge in [-0.1, -0.05) is 23.2 Å². The van der Waals surface area contributed by atoms with Gasteiger partial charge in [-0.3, -0.25) is 0 Å². The van der Waals surface area contributed by atoms with E-state index in [-0.39, 0.29) is 0 Å². The van der Waals surface area contributed by atoms with E-state index in [9.17, 15) is 0 Å². The lowest BCUT2D eigenvalue weighted by molar-refractivity contribution is 0.411. The highest BCUT2D eigenvalue weighted by Crippen LogP contribution is 2.31. The fourth-order valence-corrected chi connectivity index (χ4v) is 2.99. The zero-order valence-corrected chi connectivity index (χ0v) is 12.0. The second-order valence-corrected chi connectivity index (χ2v) is 5.70. The predicted octanol–water partition coefficient (Wildman–Crippen LogP) is 4.75. The van der Waals surface area contributed by atoms with Crippen LogP contribution in [0.5, 0.6) is 0 Å². The molecule has 1 heterocycles. The number of hydrogen-bond donors (Lipinski definition) is 1. The lowest BCUT2D eigenvalue weighted by Gasteiger charge is -2.23. The second-order valence-electron chi connectivity index (χ2n) is 4.86. The molecule has 2 nitrogen and oxygen atoms in total. The van der Waals surface area contributed by atoms with Crippen molar-refractivity contribution < 1.29 is 4.42 Å². The Morgan fingerprint density at radius 1 is 1.26 bits per heavy atom. The Labute approximate surface area is 122 Å². The summed E-state index contributed by atoms with van der Waals surface area (Å²) in [4.78, 5) is 0. The van der Waals surface area contributed by atoms with Gasteiger partial charge in [0.2, 0.25) is 0 Å². The van der Waals surface area contributed by atoms with E-state index in [1.165, 1.54) is 5.56 Å². The van der Waals surface area contributed by atoms with Gasteiger partial charge in [0.25, 0.3) is 0 Å². The molecule has 0 fully saturated rings. The van der Waals surface area contributed by atoms with Gasteiger partial charge in [-0.15, -0.1) is 0 Å². The first-order valence-corrected chi connectivity index (χ1v) is 7.23. The van der Waals surface area contributed by atoms with Crippen LogP contribution in [0.3, 0.4) is 0 Å². The molecule has 0 amide bonds. The molecule has 0 saturated carbocycles. The first kappa shape index (κ1) is 13.0. The lowest BCUT2D eigenvalue weighted by atomic mass is 9.93. The first-order chi connectivity index (χ1) is 9.24. The van der Waals surface area contributed by atoms with Crippen LogP contribution in [0.1, 0.15) is 35.8 Å². The van der Waals surface area contributed by atoms with E-state index in [4.69, 9.17) is 27.6 Å². The zero-order valence-electron chi connectivity index (χ0n) is 10.5. The number of benzene rings is 1. The molecule has 0 bridgehead atoms. The van der Waals surface area contributed by atoms with Gasteiger partial charge >= 0.3 is 0 Å². The number of furan rings is 1. The summed E-state index contributed by atoms with van der Waals surface area (Å²) >= 11 is 12.2. The van der Waals surface area contributed by atoms with Gasteiger partial charge in [0, 0.05) is 34.6 Å². The number of fused-ring (bicyclic) bond motifs is 1. The molecule has 0 saturated heterocycles. The fourth-order valence-electron chi connectivity index (χ4n) is 2.61. The molecule has 19 heavy (non-hydrogen) atoms. The Morgan fingerprint density at radius 2 is 2.16 bits per heavy atom. The van der Waals surface area contributed by atoms with Crippen LogP contribution >= 0.6 is 23.2 Å². The van der Waals surface area contributed by atoms with Crippen molar-refractivity contribution in [3.63, 3.8) is 0 Å². The highest BCUT2D eigenvalue weighted by Gasteiger charge is 2.22. The molecule has 1 atom stereocenters. The van der Waals surface area contributed by atoms with E-state index >= 15 is 0 Å². The van der Waals surface area contributed by atoms with E-state index < -0.39 is 0 Å². The normalized spacial score (nSPS) is 18.3. The summed E-state index contributed by atoms with van der Waals surface area (Å²) in [5.74, 6) is 1.11. The van der Waals surface area contributed by atoms with Crippen molar-refractivity contribution in [2.45, 2.75) is 31.8 Å². The standard InChI is InChI=1S/C15H15Cl2NO/c16-11-4-5-13(17)10(8-11)9-18-14-2-1-3-15-12(14)6-7-19-15/h4-8,14,18H,1-3,9H2. The number of halogens is 2. The molecule has 1 aliphatic carbocycles. The van der Waals surface area contributed by atoms with Crippen LogP contribution in [0, 0.1) is 0 Å². The van der Waals surface area contributed by atoms with Crippen molar-refractivity contribution in [3.05, 3.63) is 57.5 Å². The van der Waals surface area contributed by atoms with E-state index in [0.29, 0.717) is 17.6 Å². The van der Waals surface area contributed by atoms with Crippen LogP contribution in [0.15, 0.2) is 34.9 Å². The lowest BCUT2D eigenvalue weighted by Crippen LogP contribution is -2.24. The van der Waals surface area contributed by atoms with E-state index in [1.54, 1.807) is 6.26 Å². The van der Waals surface area contributed by atoms with Crippen molar-refractivity contribution in [1.29, 1.82) is 0 Å². The molecule has 2 aromatic rings. The smallest absolute Gasteiger partial charge is 0.108 e. The monoisotopic (exact) mass is 295 g/mol. The van der Waals surface area contributed by atoms with Gasteiger partial charge in [-0.2, -0.15) is 0 Å². The highest BCUT2D eigenvalue weighted by molar-refractivity contribution is 6.33. The summed E-state index contributed by atoms with van der Waals surface area (Å²) in [7, 11) is 0. The van der Waals surface area contributed by atoms with Gasteiger partial charge < -0.3 is 9.73 Å². The summed E-state index contributed by atoms with van der Waals surface area (Å²) in [6.45, 7) is 0.717. The Bertz CT molecular complexity index is 579. The Morgan fingerprint density at radius 3 is 3.05 bits per heavy atom. The van der Waals surface area contributed by atoms with Gasteiger partial charge in [-0.05, 0) is 42.7 Å². The average Bonchev–Trinajstić information content (AvgIpc) is 2.88. The predicted molar refractivity (Wildman–Crippen MR) is 77.7 cm³/mol. The summed E-state index contributed by atoms with van der Waals surface area (Å²) in [6.07, 6.45) is 5.10. The van der Waals surface area contributed by atoms with Gasteiger partial charge in [0.15, 0.2) is 0 Å². The zero-order chi connectivity index (χ0) is 13.2. The Balaban J connectivity index is 1.72. The van der Waals surface area contributed by atoms with Crippen LogP contribution in [0.4, 0.5) is 0 Å². The molecule has 1 aromatic carbocycles. The number of nitrogens with one attached hydrogen (secondary N) is 1. The molecular weight excluding hydrogens is 281 g/mol. The SMILES string of the molecule is Clc1ccc(Cl)c(CNC2CCCc3occc32)c1. The summed E-state index contributed by atoms with van der Waals surface area (Å²) < 4.78 is 5.49. The van der Waals surface area contributed by atoms with Gasteiger partial charge in [-0.25, -0.2) is 0 Å². The van der Waals surface area contributed by atoms with Crippen molar-refractivity contribution in [3.8, 4) is 0 Å². The Kier molecular flexibility index (Phi) is 3.83. The third-order valence-electron chi connectivity index (χ3n) is 3.60. The Hall–Kier alpha value is -0.960. The van der Waals surface area contributed by atoms with Gasteiger partial charge in [0.05, 0.1) is 6.26 Å². The number of hydrogen-bond acceptors (Lipinski definition) is 2. The van der Waals surface area contributed by atoms with Crippen molar-refractivity contribution >= 4 is 23.2 Å². The molecule has 1 aromatic heterocycles. The minimum atomic E-state index is 0.345. The van der Waals surface area contributed by atoms with Gasteiger partial charge in [0.1, 0.15) is 5.76 Å². The quantitative estimate of drug-likeness (QED) is 0.884. The van der Waals surface area contributed by atoms with Crippen LogP contribution in [-0.4, -0.2) is 0 Å². The van der Waals surface area contributed by atoms with Crippen molar-refractivity contribution in [1.82, 2.24) is 5.32 Å². The summed E-state index contributed by atoms with van der Waals surface area (Å²) in [5, 5.41) is 5.01. The minimum Gasteiger partial charge on any atom is -0.469 e. The molecule has 0 radical (unpaired) electrons. The van der Waals surface area contributed by atoms with Crippen molar-refractivity contribution in [2.75, 3.05) is 0 Å². The van der Waals surface area contributed by atoms with Crippen LogP contribution in [-0.2, 0) is 13.0 Å². The molecule has 0 aliphatic heterocycles. The highest BCUT2D eigenvalue weighted by atomic mass is 35.5. The van der Waals surface area contributed by atoms with Crippen LogP contribution < -0.4 is 5.32 Å². The largest absolute Gasteiger partial charge is 0.469 e. The molecule has 3 rings (SSSR count). The molecule has 1 N–H and O–H groups in total. The maximum atomic E-state index is 6.18. The van der Waals surface area contributed by atoms with E-state index in [0.717, 1.165) is 35.6 Å². The van der Waals surface area contributed by atoms with Crippen molar-refractivity contribution in [2.24, 2.45) is 0 Å². The first-order valence-electron chi connectivity index (χ1n) is 6.47. The third kappa shape index (κ3) is 2.81.